The lowest BCUT2D eigenvalue weighted by Crippen LogP contribution is -2.28. The quantitative estimate of drug-likeness (QED) is 0.838. The van der Waals surface area contributed by atoms with Crippen LogP contribution in [0.15, 0.2) is 15.5 Å². The minimum Gasteiger partial charge on any atom is -0.338 e. The van der Waals surface area contributed by atoms with Crippen LogP contribution in [0.4, 0.5) is 0 Å². The van der Waals surface area contributed by atoms with E-state index >= 15 is 0 Å². The van der Waals surface area contributed by atoms with Gasteiger partial charge in [0.25, 0.3) is 0 Å². The van der Waals surface area contributed by atoms with Gasteiger partial charge in [0.15, 0.2) is 5.82 Å². The summed E-state index contributed by atoms with van der Waals surface area (Å²) in [5.41, 5.74) is 3.48. The first kappa shape index (κ1) is 17.6. The first-order chi connectivity index (χ1) is 10.7. The average Bonchev–Trinajstić information content (AvgIpc) is 2.93. The predicted molar refractivity (Wildman–Crippen MR) is 87.7 cm³/mol. The van der Waals surface area contributed by atoms with E-state index in [9.17, 15) is 8.42 Å². The van der Waals surface area contributed by atoms with Crippen LogP contribution in [0.1, 0.15) is 40.9 Å². The fraction of sp³-hybridized carbons (Fsp3) is 0.500. The highest BCUT2D eigenvalue weighted by molar-refractivity contribution is 7.89. The smallest absolute Gasteiger partial charge is 0.243 e. The van der Waals surface area contributed by atoms with Gasteiger partial charge in [-0.15, -0.1) is 0 Å². The van der Waals surface area contributed by atoms with Gasteiger partial charge in [-0.25, -0.2) is 8.42 Å². The molecule has 0 aliphatic carbocycles. The summed E-state index contributed by atoms with van der Waals surface area (Å²) in [6.45, 7) is 9.49. The van der Waals surface area contributed by atoms with Gasteiger partial charge in [-0.05, 0) is 49.9 Å². The molecule has 23 heavy (non-hydrogen) atoms. The molecule has 0 unspecified atom stereocenters. The molecule has 2 rings (SSSR count). The van der Waals surface area contributed by atoms with Crippen molar-refractivity contribution in [3.05, 3.63) is 40.0 Å². The molecular formula is C16H23N3O3S. The van der Waals surface area contributed by atoms with E-state index in [1.165, 1.54) is 11.4 Å². The Labute approximate surface area is 137 Å². The van der Waals surface area contributed by atoms with Crippen LogP contribution < -0.4 is 0 Å². The van der Waals surface area contributed by atoms with Gasteiger partial charge in [0.05, 0.1) is 11.4 Å². The number of hydrogen-bond acceptors (Lipinski definition) is 5. The Balaban J connectivity index is 2.42. The fourth-order valence-electron chi connectivity index (χ4n) is 2.50. The average molecular weight is 337 g/mol. The second-order valence-electron chi connectivity index (χ2n) is 5.81. The highest BCUT2D eigenvalue weighted by Gasteiger charge is 2.27. The number of hydrogen-bond donors (Lipinski definition) is 0. The lowest BCUT2D eigenvalue weighted by atomic mass is 10.0. The third-order valence-corrected chi connectivity index (χ3v) is 6.23. The van der Waals surface area contributed by atoms with Gasteiger partial charge in [-0.2, -0.15) is 9.29 Å². The Kier molecular flexibility index (Phi) is 4.91. The SMILES string of the molecule is CCc1noc(CN(C)S(=O)(=O)c2c(C)c(C)cc(C)c2C)n1. The van der Waals surface area contributed by atoms with Gasteiger partial charge in [-0.3, -0.25) is 0 Å². The second-order valence-corrected chi connectivity index (χ2v) is 7.79. The van der Waals surface area contributed by atoms with Gasteiger partial charge in [0.2, 0.25) is 15.9 Å². The largest absolute Gasteiger partial charge is 0.338 e. The number of nitrogens with zero attached hydrogens (tertiary/aromatic N) is 3. The van der Waals surface area contributed by atoms with Crippen molar-refractivity contribution < 1.29 is 12.9 Å². The zero-order valence-electron chi connectivity index (χ0n) is 14.5. The van der Waals surface area contributed by atoms with Crippen molar-refractivity contribution in [3.63, 3.8) is 0 Å². The molecule has 1 heterocycles. The molecule has 1 aromatic heterocycles. The van der Waals surface area contributed by atoms with Crippen LogP contribution in [-0.4, -0.2) is 29.9 Å². The van der Waals surface area contributed by atoms with Crippen LogP contribution in [-0.2, 0) is 23.0 Å². The molecule has 0 N–H and O–H groups in total. The number of aromatic nitrogens is 2. The molecule has 0 spiro atoms. The monoisotopic (exact) mass is 337 g/mol. The first-order valence-electron chi connectivity index (χ1n) is 7.53. The lowest BCUT2D eigenvalue weighted by molar-refractivity contribution is 0.334. The summed E-state index contributed by atoms with van der Waals surface area (Å²) in [4.78, 5) is 4.54. The van der Waals surface area contributed by atoms with Crippen LogP contribution in [0.3, 0.4) is 0 Å². The Morgan fingerprint density at radius 3 is 2.17 bits per heavy atom. The molecule has 0 aliphatic rings. The number of rotatable bonds is 5. The van der Waals surface area contributed by atoms with E-state index in [4.69, 9.17) is 4.52 Å². The minimum atomic E-state index is -3.64. The normalized spacial score (nSPS) is 12.1. The lowest BCUT2D eigenvalue weighted by Gasteiger charge is -2.21. The molecule has 0 saturated carbocycles. The van der Waals surface area contributed by atoms with Crippen LogP contribution >= 0.6 is 0 Å². The summed E-state index contributed by atoms with van der Waals surface area (Å²) in [7, 11) is -2.11. The third-order valence-electron chi connectivity index (χ3n) is 4.15. The Bertz CT molecular complexity index is 799. The molecule has 7 heteroatoms. The van der Waals surface area contributed by atoms with Crippen molar-refractivity contribution in [1.82, 2.24) is 14.4 Å². The maximum absolute atomic E-state index is 13.0. The van der Waals surface area contributed by atoms with Crippen molar-refractivity contribution in [2.24, 2.45) is 0 Å². The van der Waals surface area contributed by atoms with Crippen molar-refractivity contribution in [2.75, 3.05) is 7.05 Å². The van der Waals surface area contributed by atoms with Gasteiger partial charge in [-0.1, -0.05) is 18.1 Å². The number of sulfonamides is 1. The summed E-state index contributed by atoms with van der Waals surface area (Å²) in [6.07, 6.45) is 0.648. The second kappa shape index (κ2) is 6.41. The Hall–Kier alpha value is -1.73. The summed E-state index contributed by atoms with van der Waals surface area (Å²) in [5, 5.41) is 3.80. The molecule has 0 saturated heterocycles. The Morgan fingerprint density at radius 2 is 1.70 bits per heavy atom. The van der Waals surface area contributed by atoms with Crippen LogP contribution in [0, 0.1) is 27.7 Å². The van der Waals surface area contributed by atoms with Crippen LogP contribution in [0.5, 0.6) is 0 Å². The predicted octanol–water partition coefficient (Wildman–Crippen LogP) is 2.69. The van der Waals surface area contributed by atoms with E-state index < -0.39 is 10.0 Å². The van der Waals surface area contributed by atoms with Crippen molar-refractivity contribution in [1.29, 1.82) is 0 Å². The van der Waals surface area contributed by atoms with Crippen molar-refractivity contribution >= 4 is 10.0 Å². The third kappa shape index (κ3) is 3.30. The standard InChI is InChI=1S/C16H23N3O3S/c1-7-14-17-15(22-18-14)9-19(6)23(20,21)16-12(4)10(2)8-11(3)13(16)5/h8H,7,9H2,1-6H3. The molecule has 0 atom stereocenters. The van der Waals surface area contributed by atoms with E-state index in [1.807, 2.05) is 40.7 Å². The molecule has 126 valence electrons. The number of benzene rings is 1. The molecular weight excluding hydrogens is 314 g/mol. The highest BCUT2D eigenvalue weighted by atomic mass is 32.2. The van der Waals surface area contributed by atoms with Crippen molar-refractivity contribution in [2.45, 2.75) is 52.5 Å². The zero-order valence-corrected chi connectivity index (χ0v) is 15.3. The molecule has 6 nitrogen and oxygen atoms in total. The van der Waals surface area contributed by atoms with E-state index in [2.05, 4.69) is 10.1 Å². The summed E-state index contributed by atoms with van der Waals surface area (Å²) in [5.74, 6) is 0.872. The maximum atomic E-state index is 13.0. The fourth-order valence-corrected chi connectivity index (χ4v) is 4.18. The minimum absolute atomic E-state index is 0.0567. The van der Waals surface area contributed by atoms with Gasteiger partial charge < -0.3 is 4.52 Å². The molecule has 1 aromatic carbocycles. The van der Waals surface area contributed by atoms with Gasteiger partial charge in [0.1, 0.15) is 0 Å². The van der Waals surface area contributed by atoms with E-state index in [0.29, 0.717) is 23.0 Å². The maximum Gasteiger partial charge on any atom is 0.243 e. The number of aryl methyl sites for hydroxylation is 3. The zero-order chi connectivity index (χ0) is 17.4. The molecule has 0 bridgehead atoms. The summed E-state index contributed by atoms with van der Waals surface area (Å²) < 4.78 is 32.3. The molecule has 0 aliphatic heterocycles. The van der Waals surface area contributed by atoms with Crippen LogP contribution in [0.25, 0.3) is 0 Å². The highest BCUT2D eigenvalue weighted by Crippen LogP contribution is 2.28. The Morgan fingerprint density at radius 1 is 1.13 bits per heavy atom. The molecule has 2 aromatic rings. The molecule has 0 amide bonds. The summed E-state index contributed by atoms with van der Waals surface area (Å²) >= 11 is 0. The van der Waals surface area contributed by atoms with E-state index in [-0.39, 0.29) is 6.54 Å². The van der Waals surface area contributed by atoms with E-state index in [1.54, 1.807) is 0 Å². The van der Waals surface area contributed by atoms with Gasteiger partial charge in [0, 0.05) is 13.5 Å². The first-order valence-corrected chi connectivity index (χ1v) is 8.97. The topological polar surface area (TPSA) is 76.3 Å². The summed E-state index contributed by atoms with van der Waals surface area (Å²) in [6, 6.07) is 2.01. The van der Waals surface area contributed by atoms with Crippen molar-refractivity contribution in [3.8, 4) is 0 Å². The van der Waals surface area contributed by atoms with Gasteiger partial charge >= 0.3 is 0 Å². The van der Waals surface area contributed by atoms with E-state index in [0.717, 1.165) is 22.3 Å². The molecule has 0 radical (unpaired) electrons. The van der Waals surface area contributed by atoms with Crippen LogP contribution in [0.2, 0.25) is 0 Å². The molecule has 0 fully saturated rings.